The van der Waals surface area contributed by atoms with Gasteiger partial charge in [0.2, 0.25) is 5.91 Å². The lowest BCUT2D eigenvalue weighted by atomic mass is 9.88. The van der Waals surface area contributed by atoms with Gasteiger partial charge in [0.1, 0.15) is 0 Å². The molecule has 1 amide bonds. The van der Waals surface area contributed by atoms with Crippen molar-refractivity contribution >= 4 is 11.9 Å². The molecular weight excluding hydrogens is 246 g/mol. The van der Waals surface area contributed by atoms with Crippen LogP contribution in [0.5, 0.6) is 0 Å². The van der Waals surface area contributed by atoms with Crippen molar-refractivity contribution in [2.45, 2.75) is 52.6 Å². The third-order valence-electron chi connectivity index (χ3n) is 3.46. The van der Waals surface area contributed by atoms with Crippen LogP contribution in [0.1, 0.15) is 46.5 Å². The predicted molar refractivity (Wildman–Crippen MR) is 71.9 cm³/mol. The summed E-state index contributed by atoms with van der Waals surface area (Å²) in [5, 5.41) is 9.06. The average molecular weight is 271 g/mol. The molecule has 19 heavy (non-hydrogen) atoms. The Bertz CT molecular complexity index is 327. The Balaban J connectivity index is 2.50. The number of carboxylic acid groups (broad SMARTS) is 1. The molecule has 0 aromatic heterocycles. The minimum Gasteiger partial charge on any atom is -0.481 e. The van der Waals surface area contributed by atoms with Crippen molar-refractivity contribution in [1.82, 2.24) is 4.90 Å². The molecule has 0 aromatic rings. The number of carboxylic acids is 1. The van der Waals surface area contributed by atoms with E-state index in [-0.39, 0.29) is 18.4 Å². The van der Waals surface area contributed by atoms with E-state index in [0.717, 1.165) is 19.3 Å². The van der Waals surface area contributed by atoms with Crippen molar-refractivity contribution in [2.75, 3.05) is 19.7 Å². The number of carbonyl (C=O) groups is 2. The second-order valence-electron chi connectivity index (χ2n) is 5.84. The number of piperidine rings is 1. The first kappa shape index (κ1) is 16.0. The Hall–Kier alpha value is -1.10. The second-order valence-corrected chi connectivity index (χ2v) is 5.84. The standard InChI is InChI=1S/C14H25NO4/c1-4-8-19-11-6-5-7-15(10-11)12(16)9-14(2,3)13(17)18/h11H,4-10H2,1-3H3,(H,17,18). The largest absolute Gasteiger partial charge is 0.481 e. The molecule has 0 aliphatic carbocycles. The fraction of sp³-hybridized carbons (Fsp3) is 0.857. The number of aliphatic carboxylic acids is 1. The topological polar surface area (TPSA) is 66.8 Å². The molecule has 1 fully saturated rings. The smallest absolute Gasteiger partial charge is 0.309 e. The molecule has 0 aromatic carbocycles. The molecule has 5 nitrogen and oxygen atoms in total. The van der Waals surface area contributed by atoms with E-state index in [1.165, 1.54) is 0 Å². The summed E-state index contributed by atoms with van der Waals surface area (Å²) < 4.78 is 5.68. The van der Waals surface area contributed by atoms with Gasteiger partial charge in [-0.15, -0.1) is 0 Å². The van der Waals surface area contributed by atoms with Crippen LogP contribution in [0.3, 0.4) is 0 Å². The maximum atomic E-state index is 12.1. The van der Waals surface area contributed by atoms with E-state index in [4.69, 9.17) is 9.84 Å². The van der Waals surface area contributed by atoms with E-state index in [1.54, 1.807) is 18.7 Å². The van der Waals surface area contributed by atoms with Gasteiger partial charge in [-0.3, -0.25) is 9.59 Å². The quantitative estimate of drug-likeness (QED) is 0.801. The number of likely N-dealkylation sites (tertiary alicyclic amines) is 1. The molecule has 110 valence electrons. The van der Waals surface area contributed by atoms with Crippen molar-refractivity contribution < 1.29 is 19.4 Å². The fourth-order valence-corrected chi connectivity index (χ4v) is 2.15. The summed E-state index contributed by atoms with van der Waals surface area (Å²) in [6.45, 7) is 7.24. The van der Waals surface area contributed by atoms with E-state index in [1.807, 2.05) is 0 Å². The van der Waals surface area contributed by atoms with Gasteiger partial charge in [0.05, 0.1) is 11.5 Å². The van der Waals surface area contributed by atoms with Crippen LogP contribution < -0.4 is 0 Å². The summed E-state index contributed by atoms with van der Waals surface area (Å²) in [5.41, 5.74) is -1.01. The highest BCUT2D eigenvalue weighted by atomic mass is 16.5. The Labute approximate surface area is 114 Å². The van der Waals surface area contributed by atoms with Crippen molar-refractivity contribution in [2.24, 2.45) is 5.41 Å². The van der Waals surface area contributed by atoms with E-state index < -0.39 is 11.4 Å². The number of hydrogen-bond acceptors (Lipinski definition) is 3. The minimum absolute atomic E-state index is 0.0445. The molecule has 1 unspecified atom stereocenters. The van der Waals surface area contributed by atoms with Gasteiger partial charge >= 0.3 is 5.97 Å². The molecule has 0 spiro atoms. The lowest BCUT2D eigenvalue weighted by Crippen LogP contribution is -2.45. The zero-order valence-electron chi connectivity index (χ0n) is 12.1. The lowest BCUT2D eigenvalue weighted by molar-refractivity contribution is -0.152. The SMILES string of the molecule is CCCOC1CCCN(C(=O)CC(C)(C)C(=O)O)C1. The molecule has 0 radical (unpaired) electrons. The first-order valence-electron chi connectivity index (χ1n) is 6.99. The van der Waals surface area contributed by atoms with Crippen LogP contribution in [0.15, 0.2) is 0 Å². The van der Waals surface area contributed by atoms with Crippen LogP contribution in [0, 0.1) is 5.41 Å². The lowest BCUT2D eigenvalue weighted by Gasteiger charge is -2.34. The highest BCUT2D eigenvalue weighted by molar-refractivity contribution is 5.84. The van der Waals surface area contributed by atoms with Gasteiger partial charge in [-0.25, -0.2) is 0 Å². The zero-order chi connectivity index (χ0) is 14.5. The normalized spacial score (nSPS) is 20.4. The molecule has 1 saturated heterocycles. The van der Waals surface area contributed by atoms with Gasteiger partial charge in [0.15, 0.2) is 0 Å². The first-order valence-corrected chi connectivity index (χ1v) is 6.99. The molecular formula is C14H25NO4. The summed E-state index contributed by atoms with van der Waals surface area (Å²) in [6.07, 6.45) is 3.02. The molecule has 1 aliphatic rings. The van der Waals surface area contributed by atoms with Crippen LogP contribution in [-0.2, 0) is 14.3 Å². The van der Waals surface area contributed by atoms with Crippen LogP contribution in [0.2, 0.25) is 0 Å². The molecule has 0 bridgehead atoms. The molecule has 5 heteroatoms. The van der Waals surface area contributed by atoms with Crippen molar-refractivity contribution in [3.05, 3.63) is 0 Å². The van der Waals surface area contributed by atoms with Gasteiger partial charge in [0.25, 0.3) is 0 Å². The van der Waals surface area contributed by atoms with Gasteiger partial charge in [0, 0.05) is 26.1 Å². The Morgan fingerprint density at radius 1 is 1.42 bits per heavy atom. The number of amides is 1. The number of nitrogens with zero attached hydrogens (tertiary/aromatic N) is 1. The summed E-state index contributed by atoms with van der Waals surface area (Å²) in [5.74, 6) is -1.02. The monoisotopic (exact) mass is 271 g/mol. The van der Waals surface area contributed by atoms with Crippen molar-refractivity contribution in [3.8, 4) is 0 Å². The Kier molecular flexibility index (Phi) is 5.79. The van der Waals surface area contributed by atoms with Crippen LogP contribution >= 0.6 is 0 Å². The van der Waals surface area contributed by atoms with E-state index in [0.29, 0.717) is 19.7 Å². The highest BCUT2D eigenvalue weighted by Gasteiger charge is 2.33. The third kappa shape index (κ3) is 4.82. The maximum Gasteiger partial charge on any atom is 0.309 e. The van der Waals surface area contributed by atoms with Gasteiger partial charge in [-0.05, 0) is 33.1 Å². The number of carbonyl (C=O) groups excluding carboxylic acids is 1. The van der Waals surface area contributed by atoms with Crippen LogP contribution in [-0.4, -0.2) is 47.7 Å². The van der Waals surface area contributed by atoms with E-state index in [9.17, 15) is 9.59 Å². The number of ether oxygens (including phenoxy) is 1. The van der Waals surface area contributed by atoms with Crippen LogP contribution in [0.4, 0.5) is 0 Å². The number of rotatable bonds is 6. The molecule has 1 N–H and O–H groups in total. The van der Waals surface area contributed by atoms with Crippen molar-refractivity contribution in [3.63, 3.8) is 0 Å². The predicted octanol–water partition coefficient (Wildman–Crippen LogP) is 1.90. The first-order chi connectivity index (χ1) is 8.86. The summed E-state index contributed by atoms with van der Waals surface area (Å²) in [7, 11) is 0. The minimum atomic E-state index is -1.01. The summed E-state index contributed by atoms with van der Waals surface area (Å²) >= 11 is 0. The van der Waals surface area contributed by atoms with E-state index in [2.05, 4.69) is 6.92 Å². The zero-order valence-corrected chi connectivity index (χ0v) is 12.1. The molecule has 1 atom stereocenters. The number of hydrogen-bond donors (Lipinski definition) is 1. The van der Waals surface area contributed by atoms with Gasteiger partial charge < -0.3 is 14.7 Å². The van der Waals surface area contributed by atoms with E-state index >= 15 is 0 Å². The molecule has 1 rings (SSSR count). The average Bonchev–Trinajstić information content (AvgIpc) is 2.36. The van der Waals surface area contributed by atoms with Crippen LogP contribution in [0.25, 0.3) is 0 Å². The molecule has 1 aliphatic heterocycles. The fourth-order valence-electron chi connectivity index (χ4n) is 2.15. The third-order valence-corrected chi connectivity index (χ3v) is 3.46. The Morgan fingerprint density at radius 2 is 2.11 bits per heavy atom. The van der Waals surface area contributed by atoms with Gasteiger partial charge in [-0.2, -0.15) is 0 Å². The maximum absolute atomic E-state index is 12.1. The highest BCUT2D eigenvalue weighted by Crippen LogP contribution is 2.23. The van der Waals surface area contributed by atoms with Crippen molar-refractivity contribution in [1.29, 1.82) is 0 Å². The second kappa shape index (κ2) is 6.89. The molecule has 0 saturated carbocycles. The van der Waals surface area contributed by atoms with Gasteiger partial charge in [-0.1, -0.05) is 6.92 Å². The molecule has 1 heterocycles. The summed E-state index contributed by atoms with van der Waals surface area (Å²) in [6, 6.07) is 0. The summed E-state index contributed by atoms with van der Waals surface area (Å²) in [4.78, 5) is 24.9. The Morgan fingerprint density at radius 3 is 2.68 bits per heavy atom.